The lowest BCUT2D eigenvalue weighted by Crippen LogP contribution is -2.41. The van der Waals surface area contributed by atoms with E-state index in [1.165, 1.54) is 16.9 Å². The molecule has 1 N–H and O–H groups in total. The van der Waals surface area contributed by atoms with Crippen LogP contribution in [0.1, 0.15) is 52.5 Å². The van der Waals surface area contributed by atoms with E-state index >= 15 is 0 Å². The molecule has 1 aromatic carbocycles. The molecule has 1 aliphatic carbocycles. The molecule has 1 saturated carbocycles. The van der Waals surface area contributed by atoms with Crippen molar-refractivity contribution in [3.63, 3.8) is 0 Å². The quantitative estimate of drug-likeness (QED) is 0.560. The first-order valence-electron chi connectivity index (χ1n) is 9.87. The summed E-state index contributed by atoms with van der Waals surface area (Å²) < 4.78 is 6.41. The largest absolute Gasteiger partial charge is 0.458 e. The average molecular weight is 405 g/mol. The second-order valence-corrected chi connectivity index (χ2v) is 8.58. The van der Waals surface area contributed by atoms with E-state index in [9.17, 15) is 4.79 Å². The van der Waals surface area contributed by atoms with Crippen molar-refractivity contribution in [1.29, 1.82) is 0 Å². The van der Waals surface area contributed by atoms with Gasteiger partial charge in [-0.3, -0.25) is 4.79 Å². The third kappa shape index (κ3) is 2.78. The van der Waals surface area contributed by atoms with Crippen LogP contribution in [0.4, 0.5) is 0 Å². The van der Waals surface area contributed by atoms with Gasteiger partial charge in [0, 0.05) is 29.6 Å². The van der Waals surface area contributed by atoms with Gasteiger partial charge in [0.2, 0.25) is 5.91 Å². The highest BCUT2D eigenvalue weighted by molar-refractivity contribution is 7.09. The Morgan fingerprint density at radius 2 is 2.21 bits per heavy atom. The fourth-order valence-corrected chi connectivity index (χ4v) is 4.91. The zero-order chi connectivity index (χ0) is 19.4. The molecule has 4 aromatic rings. The van der Waals surface area contributed by atoms with Crippen molar-refractivity contribution in [2.24, 2.45) is 0 Å². The molecule has 8 heteroatoms. The van der Waals surface area contributed by atoms with E-state index in [2.05, 4.69) is 26.2 Å². The number of carbonyl (C=O) groups excluding carboxylic acids is 1. The molecular weight excluding hydrogens is 386 g/mol. The maximum absolute atomic E-state index is 13.3. The van der Waals surface area contributed by atoms with Crippen LogP contribution in [0.15, 0.2) is 40.5 Å². The summed E-state index contributed by atoms with van der Waals surface area (Å²) >= 11 is 1.41. The van der Waals surface area contributed by atoms with Crippen molar-refractivity contribution in [2.45, 2.75) is 37.6 Å². The van der Waals surface area contributed by atoms with Crippen LogP contribution in [0.25, 0.3) is 11.0 Å². The monoisotopic (exact) mass is 405 g/mol. The van der Waals surface area contributed by atoms with Crippen LogP contribution in [0, 0.1) is 0 Å². The maximum Gasteiger partial charge on any atom is 0.230 e. The van der Waals surface area contributed by atoms with Crippen LogP contribution >= 0.6 is 11.3 Å². The molecule has 6 rings (SSSR count). The number of aromatic nitrogens is 4. The van der Waals surface area contributed by atoms with E-state index in [0.717, 1.165) is 52.4 Å². The van der Waals surface area contributed by atoms with Crippen molar-refractivity contribution in [1.82, 2.24) is 25.1 Å². The normalized spacial score (nSPS) is 18.9. The Morgan fingerprint density at radius 3 is 3.03 bits per heavy atom. The van der Waals surface area contributed by atoms with Crippen LogP contribution in [0.2, 0.25) is 0 Å². The average Bonchev–Trinajstić information content (AvgIpc) is 3.13. The Kier molecular flexibility index (Phi) is 3.80. The number of furan rings is 1. The van der Waals surface area contributed by atoms with E-state index in [4.69, 9.17) is 4.42 Å². The molecule has 0 radical (unpaired) electrons. The Balaban J connectivity index is 1.49. The lowest BCUT2D eigenvalue weighted by Gasteiger charge is -2.34. The van der Waals surface area contributed by atoms with E-state index < -0.39 is 0 Å². The van der Waals surface area contributed by atoms with Gasteiger partial charge in [-0.15, -0.1) is 21.5 Å². The summed E-state index contributed by atoms with van der Waals surface area (Å²) in [7, 11) is 0. The first-order valence-corrected chi connectivity index (χ1v) is 10.8. The molecule has 3 aromatic heterocycles. The van der Waals surface area contributed by atoms with Crippen molar-refractivity contribution in [3.8, 4) is 0 Å². The van der Waals surface area contributed by atoms with E-state index in [1.54, 1.807) is 11.8 Å². The number of H-pyrrole nitrogens is 1. The number of carbonyl (C=O) groups is 1. The Morgan fingerprint density at radius 1 is 1.31 bits per heavy atom. The van der Waals surface area contributed by atoms with Crippen LogP contribution in [-0.4, -0.2) is 37.5 Å². The minimum Gasteiger partial charge on any atom is -0.458 e. The van der Waals surface area contributed by atoms with Crippen LogP contribution in [0.3, 0.4) is 0 Å². The number of nitrogens with zero attached hydrogens (tertiary/aromatic N) is 4. The number of hydrogen-bond acceptors (Lipinski definition) is 6. The number of aromatic amines is 1. The van der Waals surface area contributed by atoms with Crippen molar-refractivity contribution in [2.75, 3.05) is 6.54 Å². The number of para-hydroxylation sites is 1. The molecule has 1 aliphatic heterocycles. The first-order chi connectivity index (χ1) is 14.3. The highest BCUT2D eigenvalue weighted by atomic mass is 32.1. The van der Waals surface area contributed by atoms with Gasteiger partial charge < -0.3 is 14.3 Å². The molecule has 1 atom stereocenters. The molecular formula is C21H19N5O2S. The number of amides is 1. The SMILES string of the molecule is O=C(Cc1nncs1)N1CCc2[nH]cnc2[C@@H]1c1oc2ccccc2c1C1CC1. The number of imidazole rings is 1. The Hall–Kier alpha value is -3.00. The van der Waals surface area contributed by atoms with Crippen LogP contribution in [0.5, 0.6) is 0 Å². The second-order valence-electron chi connectivity index (χ2n) is 7.67. The predicted molar refractivity (Wildman–Crippen MR) is 108 cm³/mol. The summed E-state index contributed by atoms with van der Waals surface area (Å²) in [6.45, 7) is 0.624. The van der Waals surface area contributed by atoms with Crippen molar-refractivity contribution < 1.29 is 9.21 Å². The maximum atomic E-state index is 13.3. The van der Waals surface area contributed by atoms with Gasteiger partial charge in [0.05, 0.1) is 18.4 Å². The van der Waals surface area contributed by atoms with Gasteiger partial charge in [0.25, 0.3) is 0 Å². The first kappa shape index (κ1) is 16.9. The predicted octanol–water partition coefficient (Wildman–Crippen LogP) is 3.60. The number of benzene rings is 1. The Bertz CT molecular complexity index is 1190. The van der Waals surface area contributed by atoms with Gasteiger partial charge >= 0.3 is 0 Å². The molecule has 1 amide bonds. The third-order valence-electron chi connectivity index (χ3n) is 5.85. The lowest BCUT2D eigenvalue weighted by atomic mass is 9.95. The molecule has 4 heterocycles. The summed E-state index contributed by atoms with van der Waals surface area (Å²) in [5, 5.41) is 9.80. The molecule has 2 aliphatic rings. The molecule has 1 fully saturated rings. The summed E-state index contributed by atoms with van der Waals surface area (Å²) in [6, 6.07) is 7.86. The highest BCUT2D eigenvalue weighted by Gasteiger charge is 2.41. The number of nitrogens with one attached hydrogen (secondary N) is 1. The van der Waals surface area contributed by atoms with Crippen molar-refractivity contribution >= 4 is 28.2 Å². The number of hydrogen-bond donors (Lipinski definition) is 1. The Labute approximate surface area is 170 Å². The molecule has 0 unspecified atom stereocenters. The summed E-state index contributed by atoms with van der Waals surface area (Å²) in [4.78, 5) is 23.0. The molecule has 146 valence electrons. The van der Waals surface area contributed by atoms with Gasteiger partial charge in [0.15, 0.2) is 0 Å². The van der Waals surface area contributed by atoms with Crippen molar-refractivity contribution in [3.05, 3.63) is 63.8 Å². The lowest BCUT2D eigenvalue weighted by molar-refractivity contribution is -0.133. The molecule has 0 bridgehead atoms. The van der Waals surface area contributed by atoms with Crippen LogP contribution < -0.4 is 0 Å². The highest BCUT2D eigenvalue weighted by Crippen LogP contribution is 2.50. The molecule has 0 spiro atoms. The summed E-state index contributed by atoms with van der Waals surface area (Å²) in [5.41, 5.74) is 5.76. The van der Waals surface area contributed by atoms with Crippen LogP contribution in [-0.2, 0) is 17.6 Å². The molecule has 7 nitrogen and oxygen atoms in total. The fourth-order valence-electron chi connectivity index (χ4n) is 4.40. The molecule has 29 heavy (non-hydrogen) atoms. The topological polar surface area (TPSA) is 87.9 Å². The summed E-state index contributed by atoms with van der Waals surface area (Å²) in [5.74, 6) is 1.40. The van der Waals surface area contributed by atoms with Gasteiger partial charge in [-0.2, -0.15) is 0 Å². The smallest absolute Gasteiger partial charge is 0.230 e. The van der Waals surface area contributed by atoms with Gasteiger partial charge in [0.1, 0.15) is 27.9 Å². The third-order valence-corrected chi connectivity index (χ3v) is 6.55. The second kappa shape index (κ2) is 6.52. The minimum atomic E-state index is -0.312. The van der Waals surface area contributed by atoms with E-state index in [-0.39, 0.29) is 18.4 Å². The van der Waals surface area contributed by atoms with E-state index in [0.29, 0.717) is 12.5 Å². The van der Waals surface area contributed by atoms with E-state index in [1.807, 2.05) is 23.1 Å². The number of rotatable bonds is 4. The zero-order valence-electron chi connectivity index (χ0n) is 15.7. The van der Waals surface area contributed by atoms with Gasteiger partial charge in [-0.05, 0) is 24.8 Å². The zero-order valence-corrected chi connectivity index (χ0v) is 16.5. The number of fused-ring (bicyclic) bond motifs is 2. The standard InChI is InChI=1S/C21H19N5O2S/c27-17(9-16-25-24-11-29-16)26-8-7-14-19(23-10-22-14)20(26)21-18(12-5-6-12)13-3-1-2-4-15(13)28-21/h1-4,10-12,20H,5-9H2,(H,22,23)/t20-/m1/s1. The minimum absolute atomic E-state index is 0.0302. The molecule has 0 saturated heterocycles. The van der Waals surface area contributed by atoms with Gasteiger partial charge in [-0.25, -0.2) is 4.98 Å². The van der Waals surface area contributed by atoms with Gasteiger partial charge in [-0.1, -0.05) is 18.2 Å². The summed E-state index contributed by atoms with van der Waals surface area (Å²) in [6.07, 6.45) is 5.05. The fraction of sp³-hybridized carbons (Fsp3) is 0.333.